The van der Waals surface area contributed by atoms with Gasteiger partial charge in [0.1, 0.15) is 11.6 Å². The van der Waals surface area contributed by atoms with E-state index in [2.05, 4.69) is 15.1 Å². The Kier molecular flexibility index (Phi) is 5.34. The number of rotatable bonds is 6. The van der Waals surface area contributed by atoms with Gasteiger partial charge in [-0.15, -0.1) is 0 Å². The quantitative estimate of drug-likeness (QED) is 0.675. The lowest BCUT2D eigenvalue weighted by Gasteiger charge is -2.34. The fourth-order valence-electron chi connectivity index (χ4n) is 3.72. The number of nitrogens with two attached hydrogens (primary N) is 1. The van der Waals surface area contributed by atoms with E-state index in [0.29, 0.717) is 29.9 Å². The molecule has 0 bridgehead atoms. The van der Waals surface area contributed by atoms with Crippen molar-refractivity contribution in [2.75, 3.05) is 6.54 Å². The van der Waals surface area contributed by atoms with Crippen LogP contribution in [0.1, 0.15) is 38.0 Å². The number of hydrogen-bond acceptors (Lipinski definition) is 6. The summed E-state index contributed by atoms with van der Waals surface area (Å²) in [4.78, 5) is 8.81. The van der Waals surface area contributed by atoms with Crippen LogP contribution in [0.25, 0.3) is 11.4 Å². The molecule has 0 saturated heterocycles. The highest BCUT2D eigenvalue weighted by molar-refractivity contribution is 5.53. The zero-order chi connectivity index (χ0) is 19.4. The molecule has 0 atom stereocenters. The van der Waals surface area contributed by atoms with Crippen LogP contribution in [0.5, 0.6) is 11.6 Å². The van der Waals surface area contributed by atoms with E-state index in [0.717, 1.165) is 24.8 Å². The SMILES string of the molecule is NCC1(Cc2nc(-c3ccc(Oc4ccc(F)cc4)nc3)no2)CCCCC1. The van der Waals surface area contributed by atoms with Gasteiger partial charge in [-0.1, -0.05) is 24.4 Å². The van der Waals surface area contributed by atoms with E-state index in [1.165, 1.54) is 31.4 Å². The maximum Gasteiger partial charge on any atom is 0.227 e. The van der Waals surface area contributed by atoms with Gasteiger partial charge in [0.25, 0.3) is 0 Å². The molecule has 0 unspecified atom stereocenters. The molecule has 28 heavy (non-hydrogen) atoms. The van der Waals surface area contributed by atoms with Crippen LogP contribution in [-0.2, 0) is 6.42 Å². The molecule has 0 spiro atoms. The molecule has 0 aliphatic heterocycles. The predicted molar refractivity (Wildman–Crippen MR) is 102 cm³/mol. The Bertz CT molecular complexity index is 903. The summed E-state index contributed by atoms with van der Waals surface area (Å²) in [6.45, 7) is 0.641. The lowest BCUT2D eigenvalue weighted by Crippen LogP contribution is -2.35. The number of pyridine rings is 1. The van der Waals surface area contributed by atoms with Gasteiger partial charge in [-0.25, -0.2) is 9.37 Å². The van der Waals surface area contributed by atoms with Gasteiger partial charge in [-0.05, 0) is 55.1 Å². The van der Waals surface area contributed by atoms with Crippen molar-refractivity contribution in [1.82, 2.24) is 15.1 Å². The standard InChI is InChI=1S/C21H23FN4O2/c22-16-5-7-17(8-6-16)27-18-9-4-15(13-24-18)20-25-19(28-26-20)12-21(14-23)10-2-1-3-11-21/h4-9,13H,1-3,10-12,14,23H2. The van der Waals surface area contributed by atoms with Gasteiger partial charge in [0.15, 0.2) is 0 Å². The van der Waals surface area contributed by atoms with Gasteiger partial charge in [-0.2, -0.15) is 4.98 Å². The summed E-state index contributed by atoms with van der Waals surface area (Å²) in [5, 5.41) is 4.09. The molecule has 1 aliphatic rings. The second kappa shape index (κ2) is 8.06. The highest BCUT2D eigenvalue weighted by atomic mass is 19.1. The van der Waals surface area contributed by atoms with Crippen LogP contribution in [0.15, 0.2) is 47.1 Å². The molecular weight excluding hydrogens is 359 g/mol. The molecule has 1 saturated carbocycles. The number of ether oxygens (including phenoxy) is 1. The summed E-state index contributed by atoms with van der Waals surface area (Å²) >= 11 is 0. The first-order chi connectivity index (χ1) is 13.7. The maximum absolute atomic E-state index is 13.0. The van der Waals surface area contributed by atoms with E-state index in [4.69, 9.17) is 15.0 Å². The number of aromatic nitrogens is 3. The van der Waals surface area contributed by atoms with Crippen molar-refractivity contribution in [3.05, 3.63) is 54.3 Å². The fourth-order valence-corrected chi connectivity index (χ4v) is 3.72. The lowest BCUT2D eigenvalue weighted by molar-refractivity contribution is 0.177. The summed E-state index contributed by atoms with van der Waals surface area (Å²) < 4.78 is 24.0. The Labute approximate surface area is 162 Å². The highest BCUT2D eigenvalue weighted by Gasteiger charge is 2.33. The van der Waals surface area contributed by atoms with E-state index in [-0.39, 0.29) is 11.2 Å². The molecule has 1 fully saturated rings. The van der Waals surface area contributed by atoms with Gasteiger partial charge < -0.3 is 15.0 Å². The zero-order valence-electron chi connectivity index (χ0n) is 15.6. The Morgan fingerprint density at radius 2 is 1.86 bits per heavy atom. The van der Waals surface area contributed by atoms with Crippen molar-refractivity contribution in [3.8, 4) is 23.0 Å². The molecule has 146 valence electrons. The van der Waals surface area contributed by atoms with Crippen LogP contribution >= 0.6 is 0 Å². The molecular formula is C21H23FN4O2. The third kappa shape index (κ3) is 4.20. The van der Waals surface area contributed by atoms with Crippen molar-refractivity contribution < 1.29 is 13.7 Å². The molecule has 2 heterocycles. The van der Waals surface area contributed by atoms with Crippen molar-refractivity contribution in [1.29, 1.82) is 0 Å². The molecule has 1 aromatic carbocycles. The second-order valence-corrected chi connectivity index (χ2v) is 7.39. The number of benzene rings is 1. The first-order valence-corrected chi connectivity index (χ1v) is 9.58. The summed E-state index contributed by atoms with van der Waals surface area (Å²) in [5.74, 6) is 1.73. The predicted octanol–water partition coefficient (Wildman–Crippen LogP) is 4.51. The molecule has 1 aliphatic carbocycles. The van der Waals surface area contributed by atoms with Gasteiger partial charge in [0.05, 0.1) is 0 Å². The molecule has 4 rings (SSSR count). The number of nitrogens with zero attached hydrogens (tertiary/aromatic N) is 3. The van der Waals surface area contributed by atoms with Crippen LogP contribution in [-0.4, -0.2) is 21.7 Å². The third-order valence-electron chi connectivity index (χ3n) is 5.37. The average molecular weight is 382 g/mol. The van der Waals surface area contributed by atoms with Gasteiger partial charge in [0, 0.05) is 24.2 Å². The minimum Gasteiger partial charge on any atom is -0.439 e. The summed E-state index contributed by atoms with van der Waals surface area (Å²) in [6.07, 6.45) is 8.25. The Hall–Kier alpha value is -2.80. The largest absolute Gasteiger partial charge is 0.439 e. The van der Waals surface area contributed by atoms with Crippen LogP contribution in [0, 0.1) is 11.2 Å². The van der Waals surface area contributed by atoms with E-state index in [9.17, 15) is 4.39 Å². The summed E-state index contributed by atoms with van der Waals surface area (Å²) in [5.41, 5.74) is 6.88. The van der Waals surface area contributed by atoms with E-state index < -0.39 is 0 Å². The summed E-state index contributed by atoms with van der Waals surface area (Å²) in [7, 11) is 0. The lowest BCUT2D eigenvalue weighted by atomic mass is 9.72. The van der Waals surface area contributed by atoms with Crippen LogP contribution in [0.3, 0.4) is 0 Å². The minimum absolute atomic E-state index is 0.0765. The first-order valence-electron chi connectivity index (χ1n) is 9.58. The van der Waals surface area contributed by atoms with Crippen molar-refractivity contribution in [3.63, 3.8) is 0 Å². The van der Waals surface area contributed by atoms with Gasteiger partial charge in [0.2, 0.25) is 17.6 Å². The van der Waals surface area contributed by atoms with Crippen LogP contribution < -0.4 is 10.5 Å². The van der Waals surface area contributed by atoms with Crippen LogP contribution in [0.2, 0.25) is 0 Å². The molecule has 2 aromatic heterocycles. The normalized spacial score (nSPS) is 16.1. The van der Waals surface area contributed by atoms with Gasteiger partial charge >= 0.3 is 0 Å². The molecule has 0 radical (unpaired) electrons. The third-order valence-corrected chi connectivity index (χ3v) is 5.37. The number of halogens is 1. The van der Waals surface area contributed by atoms with Crippen LogP contribution in [0.4, 0.5) is 4.39 Å². The van der Waals surface area contributed by atoms with Crippen molar-refractivity contribution >= 4 is 0 Å². The van der Waals surface area contributed by atoms with E-state index in [1.54, 1.807) is 24.4 Å². The Morgan fingerprint density at radius 1 is 1.07 bits per heavy atom. The van der Waals surface area contributed by atoms with Gasteiger partial charge in [-0.3, -0.25) is 0 Å². The second-order valence-electron chi connectivity index (χ2n) is 7.39. The number of hydrogen-bond donors (Lipinski definition) is 1. The Morgan fingerprint density at radius 3 is 2.54 bits per heavy atom. The van der Waals surface area contributed by atoms with Crippen molar-refractivity contribution in [2.45, 2.75) is 38.5 Å². The molecule has 6 nitrogen and oxygen atoms in total. The summed E-state index contributed by atoms with van der Waals surface area (Å²) in [6, 6.07) is 9.32. The first kappa shape index (κ1) is 18.6. The average Bonchev–Trinajstić information content (AvgIpc) is 3.19. The monoisotopic (exact) mass is 382 g/mol. The maximum atomic E-state index is 13.0. The molecule has 7 heteroatoms. The van der Waals surface area contributed by atoms with E-state index in [1.807, 2.05) is 6.07 Å². The topological polar surface area (TPSA) is 87.1 Å². The Balaban J connectivity index is 1.44. The van der Waals surface area contributed by atoms with Crippen molar-refractivity contribution in [2.24, 2.45) is 11.1 Å². The highest BCUT2D eigenvalue weighted by Crippen LogP contribution is 2.38. The molecule has 0 amide bonds. The van der Waals surface area contributed by atoms with E-state index >= 15 is 0 Å². The minimum atomic E-state index is -0.312. The molecule has 2 N–H and O–H groups in total. The molecule has 3 aromatic rings. The fraction of sp³-hybridized carbons (Fsp3) is 0.381. The smallest absolute Gasteiger partial charge is 0.227 e. The zero-order valence-corrected chi connectivity index (χ0v) is 15.6.